The van der Waals surface area contributed by atoms with Crippen LogP contribution < -0.4 is 5.32 Å². The first-order valence-electron chi connectivity index (χ1n) is 23.0. The van der Waals surface area contributed by atoms with Crippen molar-refractivity contribution in [1.82, 2.24) is 5.32 Å². The molecule has 0 spiro atoms. The third kappa shape index (κ3) is 27.5. The van der Waals surface area contributed by atoms with E-state index in [2.05, 4.69) is 55.6 Å². The average molecular weight is 808 g/mol. The first kappa shape index (κ1) is 53.1. The van der Waals surface area contributed by atoms with Gasteiger partial charge in [0, 0.05) is 0 Å². The molecule has 1 saturated heterocycles. The minimum Gasteiger partial charge on any atom is -0.394 e. The summed E-state index contributed by atoms with van der Waals surface area (Å²) in [7, 11) is 0. The molecule has 0 aromatic rings. The quantitative estimate of drug-likeness (QED) is 0.0241. The lowest BCUT2D eigenvalue weighted by molar-refractivity contribution is -0.302. The summed E-state index contributed by atoms with van der Waals surface area (Å²) in [5.41, 5.74) is 0. The van der Waals surface area contributed by atoms with Crippen molar-refractivity contribution in [2.75, 3.05) is 13.2 Å². The van der Waals surface area contributed by atoms with E-state index in [1.807, 2.05) is 6.08 Å². The van der Waals surface area contributed by atoms with E-state index in [-0.39, 0.29) is 13.0 Å². The molecule has 1 amide bonds. The minimum atomic E-state index is -1.62. The SMILES string of the molecule is CCCCCCCCC/C=C\CCCCCCC(O)C(=O)NC(COC1OC(CO)C(O)C(O)C1O)C(O)/C=C/CC/C=C/CC/C=C/CCCCCCCCC. The fourth-order valence-corrected chi connectivity index (χ4v) is 6.89. The maximum atomic E-state index is 13.0. The molecule has 0 bridgehead atoms. The highest BCUT2D eigenvalue weighted by atomic mass is 16.7. The van der Waals surface area contributed by atoms with E-state index in [4.69, 9.17) is 9.47 Å². The van der Waals surface area contributed by atoms with Gasteiger partial charge < -0.3 is 45.4 Å². The lowest BCUT2D eigenvalue weighted by Gasteiger charge is -2.40. The summed E-state index contributed by atoms with van der Waals surface area (Å²) in [5.74, 6) is -0.641. The van der Waals surface area contributed by atoms with Crippen LogP contribution in [0.1, 0.15) is 181 Å². The van der Waals surface area contributed by atoms with Gasteiger partial charge in [-0.3, -0.25) is 4.79 Å². The monoisotopic (exact) mass is 808 g/mol. The van der Waals surface area contributed by atoms with Gasteiger partial charge in [0.1, 0.15) is 30.5 Å². The van der Waals surface area contributed by atoms with Crippen molar-refractivity contribution in [3.63, 3.8) is 0 Å². The van der Waals surface area contributed by atoms with Gasteiger partial charge in [-0.15, -0.1) is 0 Å². The number of allylic oxidation sites excluding steroid dienone is 7. The number of hydrogen-bond donors (Lipinski definition) is 7. The molecule has 10 heteroatoms. The molecular formula is C47H85NO9. The van der Waals surface area contributed by atoms with Crippen molar-refractivity contribution in [2.24, 2.45) is 0 Å². The average Bonchev–Trinajstić information content (AvgIpc) is 3.21. The zero-order chi connectivity index (χ0) is 41.8. The number of carbonyl (C=O) groups is 1. The van der Waals surface area contributed by atoms with Crippen LogP contribution in [0, 0.1) is 0 Å². The summed E-state index contributed by atoms with van der Waals surface area (Å²) >= 11 is 0. The molecular weight excluding hydrogens is 723 g/mol. The Hall–Kier alpha value is -1.89. The van der Waals surface area contributed by atoms with Gasteiger partial charge in [0.2, 0.25) is 5.91 Å². The van der Waals surface area contributed by atoms with Crippen LogP contribution in [0.2, 0.25) is 0 Å². The highest BCUT2D eigenvalue weighted by molar-refractivity contribution is 5.80. The van der Waals surface area contributed by atoms with Crippen LogP contribution >= 0.6 is 0 Å². The fourth-order valence-electron chi connectivity index (χ4n) is 6.89. The number of rotatable bonds is 37. The second kappa shape index (κ2) is 37.1. The van der Waals surface area contributed by atoms with Crippen LogP contribution in [-0.4, -0.2) is 98.7 Å². The Kier molecular flexibility index (Phi) is 34.6. The zero-order valence-electron chi connectivity index (χ0n) is 35.9. The van der Waals surface area contributed by atoms with Crippen molar-refractivity contribution in [2.45, 2.75) is 230 Å². The number of amides is 1. The predicted molar refractivity (Wildman–Crippen MR) is 232 cm³/mol. The van der Waals surface area contributed by atoms with Crippen molar-refractivity contribution in [3.05, 3.63) is 48.6 Å². The summed E-state index contributed by atoms with van der Waals surface area (Å²) in [5, 5.41) is 64.6. The van der Waals surface area contributed by atoms with E-state index in [1.54, 1.807) is 6.08 Å². The molecule has 0 aromatic carbocycles. The highest BCUT2D eigenvalue weighted by Crippen LogP contribution is 2.22. The molecule has 8 unspecified atom stereocenters. The van der Waals surface area contributed by atoms with Crippen molar-refractivity contribution < 1.29 is 44.9 Å². The summed E-state index contributed by atoms with van der Waals surface area (Å²) in [6.07, 6.45) is 36.2. The third-order valence-electron chi connectivity index (χ3n) is 10.7. The Morgan fingerprint density at radius 1 is 0.596 bits per heavy atom. The van der Waals surface area contributed by atoms with Crippen LogP contribution in [0.25, 0.3) is 0 Å². The smallest absolute Gasteiger partial charge is 0.249 e. The first-order valence-corrected chi connectivity index (χ1v) is 23.0. The van der Waals surface area contributed by atoms with Gasteiger partial charge in [-0.1, -0.05) is 159 Å². The topological polar surface area (TPSA) is 169 Å². The van der Waals surface area contributed by atoms with Crippen molar-refractivity contribution >= 4 is 5.91 Å². The molecule has 1 aliphatic heterocycles. The molecule has 57 heavy (non-hydrogen) atoms. The number of carbonyl (C=O) groups excluding carboxylic acids is 1. The molecule has 7 N–H and O–H groups in total. The molecule has 332 valence electrons. The molecule has 1 heterocycles. The number of aliphatic hydroxyl groups excluding tert-OH is 6. The van der Waals surface area contributed by atoms with Crippen LogP contribution in [0.3, 0.4) is 0 Å². The Morgan fingerprint density at radius 2 is 1.04 bits per heavy atom. The van der Waals surface area contributed by atoms with Crippen LogP contribution in [0.4, 0.5) is 0 Å². The standard InChI is InChI=1S/C47H85NO9/c1-3-5-7-9-11-13-15-17-19-20-22-23-25-27-29-31-33-35-40(50)39(38-56-47-45(54)44(53)43(52)42(37-49)57-47)48-46(55)41(51)36-34-32-30-28-26-24-21-18-16-14-12-10-8-6-4-2/h19-21,24-25,27,33,35,39-45,47,49-54H,3-18,22-23,26,28-32,34,36-38H2,1-2H3,(H,48,55)/b20-19+,24-21-,27-25+,35-33+. The molecule has 0 aliphatic carbocycles. The number of ether oxygens (including phenoxy) is 2. The maximum Gasteiger partial charge on any atom is 0.249 e. The first-order chi connectivity index (χ1) is 27.8. The predicted octanol–water partition coefficient (Wildman–Crippen LogP) is 8.42. The van der Waals surface area contributed by atoms with Gasteiger partial charge in [0.15, 0.2) is 6.29 Å². The molecule has 1 aliphatic rings. The minimum absolute atomic E-state index is 0.285. The molecule has 8 atom stereocenters. The van der Waals surface area contributed by atoms with E-state index in [0.29, 0.717) is 12.8 Å². The number of aliphatic hydroxyl groups is 6. The second-order valence-corrected chi connectivity index (χ2v) is 16.0. The van der Waals surface area contributed by atoms with E-state index >= 15 is 0 Å². The largest absolute Gasteiger partial charge is 0.394 e. The van der Waals surface area contributed by atoms with Crippen LogP contribution in [0.5, 0.6) is 0 Å². The Labute approximate surface area is 346 Å². The van der Waals surface area contributed by atoms with E-state index in [0.717, 1.165) is 57.8 Å². The second-order valence-electron chi connectivity index (χ2n) is 16.0. The Balaban J connectivity index is 2.48. The van der Waals surface area contributed by atoms with E-state index in [9.17, 15) is 35.4 Å². The van der Waals surface area contributed by atoms with E-state index in [1.165, 1.54) is 89.9 Å². The van der Waals surface area contributed by atoms with Gasteiger partial charge >= 0.3 is 0 Å². The molecule has 0 radical (unpaired) electrons. The fraction of sp³-hybridized carbons (Fsp3) is 0.809. The van der Waals surface area contributed by atoms with Crippen LogP contribution in [-0.2, 0) is 14.3 Å². The molecule has 0 saturated carbocycles. The molecule has 10 nitrogen and oxygen atoms in total. The van der Waals surface area contributed by atoms with Crippen LogP contribution in [0.15, 0.2) is 48.6 Å². The normalized spacial score (nSPS) is 22.0. The van der Waals surface area contributed by atoms with E-state index < -0.39 is 61.5 Å². The van der Waals surface area contributed by atoms with Gasteiger partial charge in [-0.05, 0) is 70.6 Å². The summed E-state index contributed by atoms with van der Waals surface area (Å²) < 4.78 is 11.1. The zero-order valence-corrected chi connectivity index (χ0v) is 35.9. The van der Waals surface area contributed by atoms with Crippen molar-refractivity contribution in [1.29, 1.82) is 0 Å². The van der Waals surface area contributed by atoms with Gasteiger partial charge in [0.05, 0.1) is 25.4 Å². The third-order valence-corrected chi connectivity index (χ3v) is 10.7. The highest BCUT2D eigenvalue weighted by Gasteiger charge is 2.44. The number of hydrogen-bond acceptors (Lipinski definition) is 9. The Bertz CT molecular complexity index is 1050. The van der Waals surface area contributed by atoms with Gasteiger partial charge in [-0.25, -0.2) is 0 Å². The Morgan fingerprint density at radius 3 is 1.53 bits per heavy atom. The summed E-state index contributed by atoms with van der Waals surface area (Å²) in [4.78, 5) is 13.0. The summed E-state index contributed by atoms with van der Waals surface area (Å²) in [6.45, 7) is 3.55. The van der Waals surface area contributed by atoms with Gasteiger partial charge in [0.25, 0.3) is 0 Å². The molecule has 1 rings (SSSR count). The lowest BCUT2D eigenvalue weighted by atomic mass is 9.99. The molecule has 0 aromatic heterocycles. The lowest BCUT2D eigenvalue weighted by Crippen LogP contribution is -2.60. The molecule has 1 fully saturated rings. The van der Waals surface area contributed by atoms with Gasteiger partial charge in [-0.2, -0.15) is 0 Å². The number of unbranched alkanes of at least 4 members (excludes halogenated alkanes) is 20. The summed E-state index contributed by atoms with van der Waals surface area (Å²) in [6, 6.07) is -1.01. The maximum absolute atomic E-state index is 13.0. The number of nitrogens with one attached hydrogen (secondary N) is 1. The van der Waals surface area contributed by atoms with Crippen molar-refractivity contribution in [3.8, 4) is 0 Å².